The smallest absolute Gasteiger partial charge is 0.170 e. The summed E-state index contributed by atoms with van der Waals surface area (Å²) in [4.78, 5) is 2.52. The first kappa shape index (κ1) is 8.52. The minimum Gasteiger partial charge on any atom is -0.356 e. The lowest BCUT2D eigenvalue weighted by atomic mass is 10.2. The monoisotopic (exact) mass is 192 g/mol. The van der Waals surface area contributed by atoms with Crippen molar-refractivity contribution in [1.29, 1.82) is 0 Å². The van der Waals surface area contributed by atoms with Crippen LogP contribution in [0.25, 0.3) is 21.4 Å². The van der Waals surface area contributed by atoms with E-state index in [0.717, 1.165) is 6.07 Å². The van der Waals surface area contributed by atoms with Crippen molar-refractivity contribution >= 4 is 16.7 Å². The first-order valence-corrected chi connectivity index (χ1v) is 3.83. The van der Waals surface area contributed by atoms with Crippen LogP contribution in [0.5, 0.6) is 0 Å². The van der Waals surface area contributed by atoms with Crippen LogP contribution in [0.1, 0.15) is 5.69 Å². The molecule has 0 amide bonds. The number of hydrogen-bond acceptors (Lipinski definition) is 3. The maximum atomic E-state index is 13.2. The van der Waals surface area contributed by atoms with Gasteiger partial charge in [0.1, 0.15) is 5.82 Å². The second kappa shape index (κ2) is 3.01. The third kappa shape index (κ3) is 1.18. The molecule has 14 heavy (non-hydrogen) atoms. The summed E-state index contributed by atoms with van der Waals surface area (Å²) < 4.78 is 18.0. The number of aryl methyl sites for hydroxylation is 1. The minimum atomic E-state index is -0.619. The molecular formula is C8H5FN4O. The first-order chi connectivity index (χ1) is 6.72. The fraction of sp³-hybridized carbons (Fsp3) is 0.125. The van der Waals surface area contributed by atoms with Gasteiger partial charge < -0.3 is 4.52 Å². The Morgan fingerprint density at radius 1 is 1.57 bits per heavy atom. The molecule has 70 valence electrons. The molecule has 0 N–H and O–H groups in total. The molecule has 0 spiro atoms. The molecule has 0 saturated heterocycles. The first-order valence-electron chi connectivity index (χ1n) is 3.83. The predicted octanol–water partition coefficient (Wildman–Crippen LogP) is 3.22. The highest BCUT2D eigenvalue weighted by atomic mass is 19.1. The molecule has 0 atom stereocenters. The zero-order valence-electron chi connectivity index (χ0n) is 7.23. The van der Waals surface area contributed by atoms with Crippen molar-refractivity contribution in [3.05, 3.63) is 34.1 Å². The van der Waals surface area contributed by atoms with E-state index in [0.29, 0.717) is 16.7 Å². The van der Waals surface area contributed by atoms with Gasteiger partial charge in [-0.25, -0.2) is 4.39 Å². The summed E-state index contributed by atoms with van der Waals surface area (Å²) in [5.41, 5.74) is 9.12. The van der Waals surface area contributed by atoms with Gasteiger partial charge in [0, 0.05) is 16.4 Å². The van der Waals surface area contributed by atoms with Crippen LogP contribution in [0.4, 0.5) is 10.1 Å². The van der Waals surface area contributed by atoms with Gasteiger partial charge in [-0.3, -0.25) is 0 Å². The topological polar surface area (TPSA) is 74.8 Å². The predicted molar refractivity (Wildman–Crippen MR) is 47.5 cm³/mol. The lowest BCUT2D eigenvalue weighted by molar-refractivity contribution is 0.449. The third-order valence-electron chi connectivity index (χ3n) is 1.87. The van der Waals surface area contributed by atoms with Crippen LogP contribution in [-0.2, 0) is 0 Å². The summed E-state index contributed by atoms with van der Waals surface area (Å²) in [6.45, 7) is 1.73. The molecular weight excluding hydrogens is 187 g/mol. The fourth-order valence-electron chi connectivity index (χ4n) is 1.19. The molecule has 0 unspecified atom stereocenters. The molecule has 5 nitrogen and oxygen atoms in total. The summed E-state index contributed by atoms with van der Waals surface area (Å²) >= 11 is 0. The standard InChI is InChI=1S/C8H5FN4O/c1-4-5-2-7(11-13-10)6(9)3-8(5)14-12-4/h2-3H,1H3. The van der Waals surface area contributed by atoms with Crippen molar-refractivity contribution in [3.8, 4) is 0 Å². The van der Waals surface area contributed by atoms with Gasteiger partial charge in [0.25, 0.3) is 0 Å². The number of azide groups is 1. The van der Waals surface area contributed by atoms with Gasteiger partial charge in [-0.05, 0) is 18.5 Å². The molecule has 0 fully saturated rings. The largest absolute Gasteiger partial charge is 0.356 e. The molecule has 0 aliphatic rings. The van der Waals surface area contributed by atoms with Gasteiger partial charge in [-0.15, -0.1) is 0 Å². The van der Waals surface area contributed by atoms with E-state index in [1.807, 2.05) is 0 Å². The van der Waals surface area contributed by atoms with E-state index in [-0.39, 0.29) is 5.69 Å². The summed E-state index contributed by atoms with van der Waals surface area (Å²) in [5.74, 6) is -0.619. The lowest BCUT2D eigenvalue weighted by Crippen LogP contribution is -1.76. The van der Waals surface area contributed by atoms with Crippen molar-refractivity contribution in [1.82, 2.24) is 5.16 Å². The Hall–Kier alpha value is -2.07. The molecule has 6 heteroatoms. The van der Waals surface area contributed by atoms with Crippen molar-refractivity contribution in [3.63, 3.8) is 0 Å². The fourth-order valence-corrected chi connectivity index (χ4v) is 1.19. The maximum absolute atomic E-state index is 13.2. The third-order valence-corrected chi connectivity index (χ3v) is 1.87. The van der Waals surface area contributed by atoms with Gasteiger partial charge in [0.05, 0.1) is 11.4 Å². The van der Waals surface area contributed by atoms with E-state index in [1.54, 1.807) is 6.92 Å². The minimum absolute atomic E-state index is 0.0497. The van der Waals surface area contributed by atoms with Crippen LogP contribution >= 0.6 is 0 Å². The molecule has 2 aromatic rings. The van der Waals surface area contributed by atoms with Crippen LogP contribution in [0, 0.1) is 12.7 Å². The Labute approximate surface area is 77.7 Å². The van der Waals surface area contributed by atoms with E-state index in [4.69, 9.17) is 10.1 Å². The number of hydrogen-bond donors (Lipinski definition) is 0. The second-order valence-corrected chi connectivity index (χ2v) is 2.76. The van der Waals surface area contributed by atoms with Crippen molar-refractivity contribution in [2.45, 2.75) is 6.92 Å². The molecule has 0 aliphatic carbocycles. The van der Waals surface area contributed by atoms with Gasteiger partial charge in [-0.2, -0.15) is 0 Å². The number of benzene rings is 1. The van der Waals surface area contributed by atoms with Crippen LogP contribution in [-0.4, -0.2) is 5.16 Å². The Morgan fingerprint density at radius 2 is 2.36 bits per heavy atom. The molecule has 0 saturated carbocycles. The van der Waals surface area contributed by atoms with Crippen molar-refractivity contribution in [2.75, 3.05) is 0 Å². The van der Waals surface area contributed by atoms with E-state index in [2.05, 4.69) is 15.2 Å². The maximum Gasteiger partial charge on any atom is 0.170 e. The van der Waals surface area contributed by atoms with Crippen molar-refractivity contribution in [2.24, 2.45) is 5.11 Å². The van der Waals surface area contributed by atoms with Crippen LogP contribution < -0.4 is 0 Å². The van der Waals surface area contributed by atoms with Gasteiger partial charge >= 0.3 is 0 Å². The Morgan fingerprint density at radius 3 is 3.07 bits per heavy atom. The number of aromatic nitrogens is 1. The van der Waals surface area contributed by atoms with Crippen LogP contribution in [0.2, 0.25) is 0 Å². The molecule has 0 radical (unpaired) electrons. The number of halogens is 1. The van der Waals surface area contributed by atoms with E-state index in [1.165, 1.54) is 6.07 Å². The Balaban J connectivity index is 2.80. The summed E-state index contributed by atoms with van der Waals surface area (Å²) in [6, 6.07) is 2.57. The zero-order valence-corrected chi connectivity index (χ0v) is 7.23. The summed E-state index contributed by atoms with van der Waals surface area (Å²) in [7, 11) is 0. The van der Waals surface area contributed by atoms with Gasteiger partial charge in [0.15, 0.2) is 5.58 Å². The lowest BCUT2D eigenvalue weighted by Gasteiger charge is -1.93. The quantitative estimate of drug-likeness (QED) is 0.395. The van der Waals surface area contributed by atoms with Crippen LogP contribution in [0.15, 0.2) is 21.8 Å². The second-order valence-electron chi connectivity index (χ2n) is 2.76. The highest BCUT2D eigenvalue weighted by Crippen LogP contribution is 2.27. The average Bonchev–Trinajstić information content (AvgIpc) is 2.49. The normalized spacial score (nSPS) is 10.1. The Bertz CT molecular complexity index is 542. The number of nitrogens with zero attached hydrogens (tertiary/aromatic N) is 4. The molecule has 2 rings (SSSR count). The molecule has 0 bridgehead atoms. The molecule has 1 aromatic heterocycles. The number of rotatable bonds is 1. The molecule has 0 aliphatic heterocycles. The zero-order chi connectivity index (χ0) is 10.1. The van der Waals surface area contributed by atoms with E-state index in [9.17, 15) is 4.39 Å². The van der Waals surface area contributed by atoms with E-state index >= 15 is 0 Å². The van der Waals surface area contributed by atoms with Crippen molar-refractivity contribution < 1.29 is 8.91 Å². The van der Waals surface area contributed by atoms with E-state index < -0.39 is 5.82 Å². The number of fused-ring (bicyclic) bond motifs is 1. The van der Waals surface area contributed by atoms with Gasteiger partial charge in [0.2, 0.25) is 0 Å². The van der Waals surface area contributed by atoms with Gasteiger partial charge in [-0.1, -0.05) is 10.3 Å². The van der Waals surface area contributed by atoms with Crippen LogP contribution in [0.3, 0.4) is 0 Å². The molecule has 1 heterocycles. The SMILES string of the molecule is Cc1noc2cc(F)c(N=[N+]=[N-])cc12. The highest BCUT2D eigenvalue weighted by molar-refractivity contribution is 5.82. The average molecular weight is 192 g/mol. The highest BCUT2D eigenvalue weighted by Gasteiger charge is 2.08. The Kier molecular flexibility index (Phi) is 1.83. The molecule has 1 aromatic carbocycles. The summed E-state index contributed by atoms with van der Waals surface area (Å²) in [5, 5.41) is 7.52. The summed E-state index contributed by atoms with van der Waals surface area (Å²) in [6.07, 6.45) is 0.